The van der Waals surface area contributed by atoms with Crippen LogP contribution in [-0.4, -0.2) is 6.54 Å². The molecule has 0 aliphatic carbocycles. The van der Waals surface area contributed by atoms with Crippen molar-refractivity contribution < 1.29 is 0 Å². The van der Waals surface area contributed by atoms with Crippen molar-refractivity contribution in [1.82, 2.24) is 0 Å². The molecule has 0 saturated carbocycles. The first kappa shape index (κ1) is 8.70. The summed E-state index contributed by atoms with van der Waals surface area (Å²) < 4.78 is 0. The molecule has 0 aliphatic rings. The number of allylic oxidation sites excluding steroid dienone is 1. The molecule has 0 heterocycles. The number of nitrogens with two attached hydrogens (primary N) is 1. The average Bonchev–Trinajstić information content (AvgIpc) is 1.85. The third-order valence-corrected chi connectivity index (χ3v) is 1.32. The maximum Gasteiger partial charge on any atom is -0.00401 e. The Morgan fingerprint density at radius 1 is 1.56 bits per heavy atom. The number of unbranched alkanes of at least 4 members (excludes halogenated alkanes) is 1. The van der Waals surface area contributed by atoms with E-state index >= 15 is 0 Å². The van der Waals surface area contributed by atoms with E-state index in [4.69, 9.17) is 5.73 Å². The van der Waals surface area contributed by atoms with Gasteiger partial charge in [0.05, 0.1) is 0 Å². The molecular weight excluding hydrogens is 110 g/mol. The normalized spacial score (nSPS) is 12.1. The molecule has 0 rings (SSSR count). The van der Waals surface area contributed by atoms with Crippen molar-refractivity contribution in [3.63, 3.8) is 0 Å². The number of rotatable bonds is 4. The minimum atomic E-state index is 0.784. The maximum atomic E-state index is 5.36. The summed E-state index contributed by atoms with van der Waals surface area (Å²) in [5.41, 5.74) is 6.79. The van der Waals surface area contributed by atoms with E-state index in [2.05, 4.69) is 19.9 Å². The summed E-state index contributed by atoms with van der Waals surface area (Å²) in [4.78, 5) is 0. The Morgan fingerprint density at radius 3 is 2.67 bits per heavy atom. The smallest absolute Gasteiger partial charge is 0.00401 e. The zero-order valence-corrected chi connectivity index (χ0v) is 6.48. The Bertz CT molecular complexity index is 84.6. The summed E-state index contributed by atoms with van der Waals surface area (Å²) in [5, 5.41) is 0. The van der Waals surface area contributed by atoms with Crippen molar-refractivity contribution in [3.8, 4) is 0 Å². The Hall–Kier alpha value is -0.300. The van der Waals surface area contributed by atoms with Crippen LogP contribution in [0.15, 0.2) is 11.6 Å². The van der Waals surface area contributed by atoms with Crippen LogP contribution in [0.5, 0.6) is 0 Å². The molecule has 2 N–H and O–H groups in total. The molecule has 0 spiro atoms. The number of hydrogen-bond acceptors (Lipinski definition) is 1. The molecule has 0 fully saturated rings. The zero-order chi connectivity index (χ0) is 7.11. The van der Waals surface area contributed by atoms with Crippen LogP contribution >= 0.6 is 0 Å². The van der Waals surface area contributed by atoms with Crippen molar-refractivity contribution in [1.29, 1.82) is 0 Å². The van der Waals surface area contributed by atoms with E-state index in [1.165, 1.54) is 18.4 Å². The molecule has 0 saturated heterocycles. The highest BCUT2D eigenvalue weighted by Crippen LogP contribution is 2.00. The van der Waals surface area contributed by atoms with E-state index in [0.717, 1.165) is 13.0 Å². The molecule has 0 aromatic rings. The molecule has 54 valence electrons. The number of hydrogen-bond donors (Lipinski definition) is 1. The predicted molar refractivity (Wildman–Crippen MR) is 42.3 cm³/mol. The molecule has 0 amide bonds. The predicted octanol–water partition coefficient (Wildman–Crippen LogP) is 2.08. The molecule has 1 nitrogen and oxygen atoms in total. The monoisotopic (exact) mass is 127 g/mol. The third kappa shape index (κ3) is 5.57. The van der Waals surface area contributed by atoms with Gasteiger partial charge in [0, 0.05) is 0 Å². The Morgan fingerprint density at radius 2 is 2.22 bits per heavy atom. The fraction of sp³-hybridized carbons (Fsp3) is 0.750. The second-order valence-corrected chi connectivity index (χ2v) is 2.38. The lowest BCUT2D eigenvalue weighted by atomic mass is 10.1. The van der Waals surface area contributed by atoms with Crippen LogP contribution in [0.25, 0.3) is 0 Å². The largest absolute Gasteiger partial charge is 0.330 e. The SMILES string of the molecule is CCCC=C(C)CCN. The van der Waals surface area contributed by atoms with Crippen LogP contribution in [0.4, 0.5) is 0 Å². The fourth-order valence-electron chi connectivity index (χ4n) is 0.720. The highest BCUT2D eigenvalue weighted by Gasteiger charge is 1.84. The van der Waals surface area contributed by atoms with Gasteiger partial charge in [0.15, 0.2) is 0 Å². The molecule has 0 aliphatic heterocycles. The molecule has 0 radical (unpaired) electrons. The lowest BCUT2D eigenvalue weighted by Gasteiger charge is -1.95. The van der Waals surface area contributed by atoms with Gasteiger partial charge in [0.25, 0.3) is 0 Å². The summed E-state index contributed by atoms with van der Waals surface area (Å²) in [6.45, 7) is 5.11. The van der Waals surface area contributed by atoms with Gasteiger partial charge in [-0.15, -0.1) is 0 Å². The van der Waals surface area contributed by atoms with E-state index in [9.17, 15) is 0 Å². The van der Waals surface area contributed by atoms with Crippen molar-refractivity contribution in [2.24, 2.45) is 5.73 Å². The maximum absolute atomic E-state index is 5.36. The van der Waals surface area contributed by atoms with Crippen LogP contribution in [0.3, 0.4) is 0 Å². The summed E-state index contributed by atoms with van der Waals surface area (Å²) in [5.74, 6) is 0. The first-order valence-electron chi connectivity index (χ1n) is 3.67. The quantitative estimate of drug-likeness (QED) is 0.575. The lowest BCUT2D eigenvalue weighted by Crippen LogP contribution is -1.98. The van der Waals surface area contributed by atoms with Gasteiger partial charge in [0.1, 0.15) is 0 Å². The third-order valence-electron chi connectivity index (χ3n) is 1.32. The van der Waals surface area contributed by atoms with Gasteiger partial charge in [-0.25, -0.2) is 0 Å². The highest BCUT2D eigenvalue weighted by atomic mass is 14.5. The summed E-state index contributed by atoms with van der Waals surface area (Å²) in [6, 6.07) is 0. The minimum Gasteiger partial charge on any atom is -0.330 e. The fourth-order valence-corrected chi connectivity index (χ4v) is 0.720. The highest BCUT2D eigenvalue weighted by molar-refractivity contribution is 4.97. The van der Waals surface area contributed by atoms with Gasteiger partial charge in [-0.05, 0) is 26.3 Å². The summed E-state index contributed by atoms with van der Waals surface area (Å²) in [6.07, 6.45) is 5.76. The minimum absolute atomic E-state index is 0.784. The molecule has 1 heteroatoms. The van der Waals surface area contributed by atoms with Crippen molar-refractivity contribution in [2.45, 2.75) is 33.1 Å². The van der Waals surface area contributed by atoms with E-state index in [1.54, 1.807) is 0 Å². The molecule has 0 bridgehead atoms. The van der Waals surface area contributed by atoms with Crippen LogP contribution in [0.1, 0.15) is 33.1 Å². The van der Waals surface area contributed by atoms with Gasteiger partial charge >= 0.3 is 0 Å². The zero-order valence-electron chi connectivity index (χ0n) is 6.48. The van der Waals surface area contributed by atoms with Gasteiger partial charge in [-0.1, -0.05) is 25.0 Å². The first-order valence-corrected chi connectivity index (χ1v) is 3.67. The Labute approximate surface area is 57.9 Å². The van der Waals surface area contributed by atoms with Crippen LogP contribution in [-0.2, 0) is 0 Å². The lowest BCUT2D eigenvalue weighted by molar-refractivity contribution is 0.903. The Balaban J connectivity index is 3.30. The van der Waals surface area contributed by atoms with Crippen molar-refractivity contribution in [3.05, 3.63) is 11.6 Å². The Kier molecular flexibility index (Phi) is 5.64. The van der Waals surface area contributed by atoms with Gasteiger partial charge < -0.3 is 5.73 Å². The molecular formula is C8H17N. The second-order valence-electron chi connectivity index (χ2n) is 2.38. The molecule has 0 atom stereocenters. The summed E-state index contributed by atoms with van der Waals surface area (Å²) >= 11 is 0. The molecule has 0 aromatic carbocycles. The van der Waals surface area contributed by atoms with Gasteiger partial charge in [-0.3, -0.25) is 0 Å². The topological polar surface area (TPSA) is 26.0 Å². The van der Waals surface area contributed by atoms with Crippen molar-refractivity contribution >= 4 is 0 Å². The molecule has 0 unspecified atom stereocenters. The van der Waals surface area contributed by atoms with Crippen molar-refractivity contribution in [2.75, 3.05) is 6.54 Å². The van der Waals surface area contributed by atoms with Gasteiger partial charge in [-0.2, -0.15) is 0 Å². The molecule has 0 aromatic heterocycles. The second kappa shape index (κ2) is 5.83. The van der Waals surface area contributed by atoms with E-state index in [1.807, 2.05) is 0 Å². The van der Waals surface area contributed by atoms with Crippen LogP contribution in [0.2, 0.25) is 0 Å². The van der Waals surface area contributed by atoms with Crippen LogP contribution in [0, 0.1) is 0 Å². The average molecular weight is 127 g/mol. The van der Waals surface area contributed by atoms with Gasteiger partial charge in [0.2, 0.25) is 0 Å². The van der Waals surface area contributed by atoms with E-state index < -0.39 is 0 Å². The van der Waals surface area contributed by atoms with E-state index in [-0.39, 0.29) is 0 Å². The van der Waals surface area contributed by atoms with E-state index in [0.29, 0.717) is 0 Å². The molecule has 9 heavy (non-hydrogen) atoms. The summed E-state index contributed by atoms with van der Waals surface area (Å²) in [7, 11) is 0. The van der Waals surface area contributed by atoms with Crippen LogP contribution < -0.4 is 5.73 Å². The standard InChI is InChI=1S/C8H17N/c1-3-4-5-8(2)6-7-9/h5H,3-4,6-7,9H2,1-2H3. The first-order chi connectivity index (χ1) is 4.31.